The molecule has 0 atom stereocenters. The molecule has 0 radical (unpaired) electrons. The summed E-state index contributed by atoms with van der Waals surface area (Å²) in [5.74, 6) is 0.460. The third-order valence-electron chi connectivity index (χ3n) is 2.97. The number of aromatic nitrogens is 4. The summed E-state index contributed by atoms with van der Waals surface area (Å²) in [5.41, 5.74) is 1.45. The van der Waals surface area contributed by atoms with E-state index in [9.17, 15) is 10.1 Å². The minimum atomic E-state index is -0.389. The minimum Gasteiger partial charge on any atom is -0.364 e. The number of rotatable bonds is 6. The molecule has 0 aromatic carbocycles. The average molecular weight is 278 g/mol. The Morgan fingerprint density at radius 3 is 2.85 bits per heavy atom. The first-order chi connectivity index (χ1) is 9.50. The van der Waals surface area contributed by atoms with Gasteiger partial charge in [0.2, 0.25) is 5.82 Å². The highest BCUT2D eigenvalue weighted by molar-refractivity contribution is 5.59. The van der Waals surface area contributed by atoms with Crippen LogP contribution in [0.25, 0.3) is 0 Å². The fraction of sp³-hybridized carbons (Fsp3) is 0.500. The molecule has 0 spiro atoms. The highest BCUT2D eigenvalue weighted by Gasteiger charge is 2.26. The highest BCUT2D eigenvalue weighted by Crippen LogP contribution is 2.30. The van der Waals surface area contributed by atoms with Gasteiger partial charge in [-0.2, -0.15) is 5.10 Å². The molecule has 0 amide bonds. The van der Waals surface area contributed by atoms with Crippen LogP contribution >= 0.6 is 0 Å². The van der Waals surface area contributed by atoms with Crippen molar-refractivity contribution in [2.45, 2.75) is 33.2 Å². The first kappa shape index (κ1) is 14.0. The van der Waals surface area contributed by atoms with E-state index in [2.05, 4.69) is 20.4 Å². The fourth-order valence-corrected chi connectivity index (χ4v) is 2.03. The van der Waals surface area contributed by atoms with Gasteiger partial charge in [-0.05, 0) is 20.8 Å². The summed E-state index contributed by atoms with van der Waals surface area (Å²) < 4.78 is 1.65. The monoisotopic (exact) mass is 278 g/mol. The number of nitrogens with zero attached hydrogens (tertiary/aromatic N) is 4. The van der Waals surface area contributed by atoms with Crippen molar-refractivity contribution in [2.24, 2.45) is 0 Å². The highest BCUT2D eigenvalue weighted by atomic mass is 16.6. The second-order valence-corrected chi connectivity index (χ2v) is 4.83. The molecule has 2 rings (SSSR count). The summed E-state index contributed by atoms with van der Waals surface area (Å²) in [7, 11) is 0. The van der Waals surface area contributed by atoms with Gasteiger partial charge in [-0.3, -0.25) is 10.1 Å². The van der Waals surface area contributed by atoms with Crippen LogP contribution < -0.4 is 5.32 Å². The zero-order valence-electron chi connectivity index (χ0n) is 11.8. The molecule has 8 nitrogen and oxygen atoms in total. The van der Waals surface area contributed by atoms with Gasteiger partial charge in [-0.1, -0.05) is 0 Å². The number of nitro groups is 1. The summed E-state index contributed by atoms with van der Waals surface area (Å²) >= 11 is 0. The van der Waals surface area contributed by atoms with E-state index < -0.39 is 0 Å². The van der Waals surface area contributed by atoms with Crippen LogP contribution in [0.1, 0.15) is 31.3 Å². The third-order valence-corrected chi connectivity index (χ3v) is 2.97. The van der Waals surface area contributed by atoms with Crippen LogP contribution in [0.2, 0.25) is 0 Å². The van der Waals surface area contributed by atoms with Crippen molar-refractivity contribution in [3.8, 4) is 0 Å². The fourth-order valence-electron chi connectivity index (χ4n) is 2.03. The van der Waals surface area contributed by atoms with Crippen molar-refractivity contribution in [3.05, 3.63) is 34.0 Å². The number of aryl methyl sites for hydroxylation is 1. The Kier molecular flexibility index (Phi) is 4.02. The van der Waals surface area contributed by atoms with E-state index in [1.54, 1.807) is 24.1 Å². The number of H-pyrrole nitrogens is 1. The predicted octanol–water partition coefficient (Wildman–Crippen LogP) is 2.06. The van der Waals surface area contributed by atoms with Gasteiger partial charge in [0, 0.05) is 30.9 Å². The summed E-state index contributed by atoms with van der Waals surface area (Å²) in [6.45, 7) is 6.10. The molecule has 0 saturated carbocycles. The molecule has 0 fully saturated rings. The van der Waals surface area contributed by atoms with Crippen molar-refractivity contribution in [3.63, 3.8) is 0 Å². The summed E-state index contributed by atoms with van der Waals surface area (Å²) in [6, 6.07) is 0.0528. The minimum absolute atomic E-state index is 0.0447. The molecular formula is C12H18N6O2. The molecule has 0 aliphatic rings. The summed E-state index contributed by atoms with van der Waals surface area (Å²) in [6.07, 6.45) is 4.06. The van der Waals surface area contributed by atoms with E-state index in [4.69, 9.17) is 0 Å². The van der Waals surface area contributed by atoms with E-state index in [-0.39, 0.29) is 16.7 Å². The number of nitrogens with one attached hydrogen (secondary N) is 2. The van der Waals surface area contributed by atoms with Gasteiger partial charge in [-0.25, -0.2) is 9.67 Å². The smallest absolute Gasteiger partial charge is 0.333 e. The second kappa shape index (κ2) is 5.72. The van der Waals surface area contributed by atoms with Crippen LogP contribution in [-0.4, -0.2) is 31.2 Å². The first-order valence-corrected chi connectivity index (χ1v) is 6.45. The lowest BCUT2D eigenvalue weighted by Gasteiger charge is -2.11. The number of imidazole rings is 1. The van der Waals surface area contributed by atoms with Gasteiger partial charge in [0.15, 0.2) is 0 Å². The van der Waals surface area contributed by atoms with Gasteiger partial charge in [0.25, 0.3) is 0 Å². The molecular weight excluding hydrogens is 260 g/mol. The number of aromatic amines is 1. The number of hydrogen-bond acceptors (Lipinski definition) is 5. The number of hydrogen-bond donors (Lipinski definition) is 2. The molecule has 0 bridgehead atoms. The van der Waals surface area contributed by atoms with E-state index >= 15 is 0 Å². The van der Waals surface area contributed by atoms with Gasteiger partial charge in [0.05, 0.1) is 11.3 Å². The van der Waals surface area contributed by atoms with Crippen molar-refractivity contribution < 1.29 is 4.92 Å². The zero-order valence-corrected chi connectivity index (χ0v) is 11.8. The van der Waals surface area contributed by atoms with Crippen LogP contribution in [0.4, 0.5) is 11.5 Å². The van der Waals surface area contributed by atoms with Crippen LogP contribution in [0.15, 0.2) is 12.5 Å². The van der Waals surface area contributed by atoms with Crippen molar-refractivity contribution in [1.82, 2.24) is 19.7 Å². The van der Waals surface area contributed by atoms with Crippen molar-refractivity contribution in [1.29, 1.82) is 0 Å². The largest absolute Gasteiger partial charge is 0.364 e. The van der Waals surface area contributed by atoms with Gasteiger partial charge in [0.1, 0.15) is 5.69 Å². The Morgan fingerprint density at radius 2 is 2.30 bits per heavy atom. The first-order valence-electron chi connectivity index (χ1n) is 6.45. The van der Waals surface area contributed by atoms with Crippen LogP contribution in [-0.2, 0) is 6.42 Å². The number of anilines is 1. The summed E-state index contributed by atoms with van der Waals surface area (Å²) in [5, 5.41) is 18.5. The Hall–Kier alpha value is -2.38. The predicted molar refractivity (Wildman–Crippen MR) is 74.8 cm³/mol. The van der Waals surface area contributed by atoms with Gasteiger partial charge < -0.3 is 10.3 Å². The molecule has 2 N–H and O–H groups in total. The summed E-state index contributed by atoms with van der Waals surface area (Å²) in [4.78, 5) is 17.7. The molecule has 0 aliphatic heterocycles. The normalized spacial score (nSPS) is 11.0. The lowest BCUT2D eigenvalue weighted by atomic mass is 10.3. The average Bonchev–Trinajstić information content (AvgIpc) is 2.97. The standard InChI is InChI=1S/C12H18N6O2/c1-8(2)17-12(11(18(19)20)9(3)16-17)14-5-4-10-6-13-7-15-10/h6-8,14H,4-5H2,1-3H3,(H,13,15). The van der Waals surface area contributed by atoms with Gasteiger partial charge in [-0.15, -0.1) is 0 Å². The molecule has 108 valence electrons. The Labute approximate surface area is 116 Å². The molecule has 0 aliphatic carbocycles. The van der Waals surface area contributed by atoms with E-state index in [1.807, 2.05) is 13.8 Å². The molecule has 0 unspecified atom stereocenters. The third kappa shape index (κ3) is 2.79. The Balaban J connectivity index is 2.18. The quantitative estimate of drug-likeness (QED) is 0.622. The van der Waals surface area contributed by atoms with E-state index in [1.165, 1.54) is 0 Å². The molecule has 0 saturated heterocycles. The molecule has 20 heavy (non-hydrogen) atoms. The van der Waals surface area contributed by atoms with Crippen LogP contribution in [0.5, 0.6) is 0 Å². The Morgan fingerprint density at radius 1 is 1.55 bits per heavy atom. The second-order valence-electron chi connectivity index (χ2n) is 4.83. The van der Waals surface area contributed by atoms with Crippen molar-refractivity contribution in [2.75, 3.05) is 11.9 Å². The molecule has 2 aromatic heterocycles. The lowest BCUT2D eigenvalue weighted by molar-refractivity contribution is -0.384. The van der Waals surface area contributed by atoms with Crippen molar-refractivity contribution >= 4 is 11.5 Å². The van der Waals surface area contributed by atoms with Crippen LogP contribution in [0.3, 0.4) is 0 Å². The van der Waals surface area contributed by atoms with E-state index in [0.29, 0.717) is 24.5 Å². The van der Waals surface area contributed by atoms with Gasteiger partial charge >= 0.3 is 5.69 Å². The maximum atomic E-state index is 11.2. The molecule has 2 heterocycles. The molecule has 2 aromatic rings. The molecule has 8 heteroatoms. The maximum absolute atomic E-state index is 11.2. The maximum Gasteiger partial charge on any atom is 0.333 e. The Bertz CT molecular complexity index is 587. The van der Waals surface area contributed by atoms with Crippen LogP contribution in [0, 0.1) is 17.0 Å². The SMILES string of the molecule is Cc1nn(C(C)C)c(NCCc2cnc[nH]2)c1[N+](=O)[O-]. The zero-order chi connectivity index (χ0) is 14.7. The van der Waals surface area contributed by atoms with E-state index in [0.717, 1.165) is 5.69 Å². The topological polar surface area (TPSA) is 102 Å². The lowest BCUT2D eigenvalue weighted by Crippen LogP contribution is -2.13.